The van der Waals surface area contributed by atoms with Gasteiger partial charge in [-0.2, -0.15) is 0 Å². The number of nitrogens with zero attached hydrogens (tertiary/aromatic N) is 2. The van der Waals surface area contributed by atoms with Crippen LogP contribution in [0.3, 0.4) is 0 Å². The minimum absolute atomic E-state index is 0.00281. The summed E-state index contributed by atoms with van der Waals surface area (Å²) in [4.78, 5) is 30.4. The van der Waals surface area contributed by atoms with Crippen LogP contribution in [0.5, 0.6) is 0 Å². The lowest BCUT2D eigenvalue weighted by molar-refractivity contribution is -0.255. The highest BCUT2D eigenvalue weighted by Gasteiger charge is 2.25. The van der Waals surface area contributed by atoms with E-state index in [2.05, 4.69) is 4.98 Å². The van der Waals surface area contributed by atoms with Crippen LogP contribution in [0.4, 0.5) is 11.4 Å². The first-order chi connectivity index (χ1) is 13.6. The average Bonchev–Trinajstić information content (AvgIpc) is 2.89. The van der Waals surface area contributed by atoms with E-state index in [4.69, 9.17) is 0 Å². The second kappa shape index (κ2) is 7.86. The number of amides is 1. The number of carboxylic acid groups (broad SMARTS) is 1. The van der Waals surface area contributed by atoms with Crippen LogP contribution in [0.1, 0.15) is 21.5 Å². The average molecular weight is 389 g/mol. The van der Waals surface area contributed by atoms with Gasteiger partial charge in [0.1, 0.15) is 5.03 Å². The maximum Gasteiger partial charge on any atom is 0.241 e. The van der Waals surface area contributed by atoms with E-state index in [-0.39, 0.29) is 22.2 Å². The van der Waals surface area contributed by atoms with Crippen LogP contribution in [-0.2, 0) is 17.6 Å². The Hall–Kier alpha value is -3.12. The topological polar surface area (TPSA) is 73.3 Å². The van der Waals surface area contributed by atoms with Crippen LogP contribution in [0.2, 0.25) is 0 Å². The summed E-state index contributed by atoms with van der Waals surface area (Å²) in [5, 5.41) is 11.6. The highest BCUT2D eigenvalue weighted by molar-refractivity contribution is 8.00. The molecule has 140 valence electrons. The SMILES string of the molecule is O=C([O-])c1cccnc1SCC(=O)N1c2ccccc2CCc2ccccc21. The maximum absolute atomic E-state index is 13.2. The number of benzene rings is 2. The second-order valence-electron chi connectivity index (χ2n) is 6.42. The fraction of sp³-hybridized carbons (Fsp3) is 0.136. The van der Waals surface area contributed by atoms with Crippen LogP contribution >= 0.6 is 11.8 Å². The van der Waals surface area contributed by atoms with Gasteiger partial charge in [-0.1, -0.05) is 48.2 Å². The molecule has 0 fully saturated rings. The number of pyridine rings is 1. The van der Waals surface area contributed by atoms with Crippen molar-refractivity contribution < 1.29 is 14.7 Å². The number of anilines is 2. The zero-order valence-electron chi connectivity index (χ0n) is 15.0. The van der Waals surface area contributed by atoms with Crippen LogP contribution < -0.4 is 10.0 Å². The van der Waals surface area contributed by atoms with Crippen molar-refractivity contribution >= 4 is 35.0 Å². The van der Waals surface area contributed by atoms with E-state index >= 15 is 0 Å². The quantitative estimate of drug-likeness (QED) is 0.642. The molecule has 1 amide bonds. The lowest BCUT2D eigenvalue weighted by Crippen LogP contribution is -2.29. The van der Waals surface area contributed by atoms with Crippen molar-refractivity contribution in [1.82, 2.24) is 4.98 Å². The van der Waals surface area contributed by atoms with Gasteiger partial charge in [0.25, 0.3) is 0 Å². The number of aromatic nitrogens is 1. The number of fused-ring (bicyclic) bond motifs is 2. The standard InChI is InChI=1S/C22H18N2O3S/c25-20(14-28-21-17(22(26)27)8-5-13-23-21)24-18-9-3-1-6-15(18)11-12-16-7-2-4-10-19(16)24/h1-10,13H,11-12,14H2,(H,26,27)/p-1. The monoisotopic (exact) mass is 389 g/mol. The molecule has 1 aliphatic rings. The fourth-order valence-corrected chi connectivity index (χ4v) is 4.24. The van der Waals surface area contributed by atoms with Crippen LogP contribution in [-0.4, -0.2) is 22.6 Å². The molecule has 1 aliphatic heterocycles. The molecule has 0 saturated carbocycles. The highest BCUT2D eigenvalue weighted by atomic mass is 32.2. The number of hydrogen-bond donors (Lipinski definition) is 0. The Kier molecular flexibility index (Phi) is 5.12. The van der Waals surface area contributed by atoms with Crippen molar-refractivity contribution in [2.24, 2.45) is 0 Å². The molecule has 0 unspecified atom stereocenters. The van der Waals surface area contributed by atoms with E-state index in [9.17, 15) is 14.7 Å². The summed E-state index contributed by atoms with van der Waals surface area (Å²) >= 11 is 1.11. The highest BCUT2D eigenvalue weighted by Crippen LogP contribution is 2.36. The molecule has 4 rings (SSSR count). The Morgan fingerprint density at radius 3 is 2.14 bits per heavy atom. The van der Waals surface area contributed by atoms with Crippen molar-refractivity contribution in [2.75, 3.05) is 10.7 Å². The van der Waals surface area contributed by atoms with Gasteiger partial charge in [0.2, 0.25) is 5.91 Å². The normalized spacial score (nSPS) is 12.6. The van der Waals surface area contributed by atoms with Gasteiger partial charge < -0.3 is 9.90 Å². The molecule has 1 aromatic heterocycles. The van der Waals surface area contributed by atoms with Crippen molar-refractivity contribution in [1.29, 1.82) is 0 Å². The van der Waals surface area contributed by atoms with Crippen molar-refractivity contribution in [3.05, 3.63) is 83.6 Å². The van der Waals surface area contributed by atoms with Gasteiger partial charge in [-0.15, -0.1) is 0 Å². The Bertz CT molecular complexity index is 1000. The van der Waals surface area contributed by atoms with Gasteiger partial charge in [-0.05, 0) is 48.2 Å². The Morgan fingerprint density at radius 2 is 1.54 bits per heavy atom. The third kappa shape index (κ3) is 3.51. The smallest absolute Gasteiger partial charge is 0.241 e. The van der Waals surface area contributed by atoms with E-state index in [1.54, 1.807) is 4.90 Å². The molecular formula is C22H17N2O3S-. The van der Waals surface area contributed by atoms with Gasteiger partial charge in [-0.3, -0.25) is 9.69 Å². The first-order valence-electron chi connectivity index (χ1n) is 8.93. The third-order valence-corrected chi connectivity index (χ3v) is 5.69. The van der Waals surface area contributed by atoms with Crippen molar-refractivity contribution in [3.8, 4) is 0 Å². The number of carbonyl (C=O) groups is 2. The van der Waals surface area contributed by atoms with E-state index in [0.717, 1.165) is 47.1 Å². The Morgan fingerprint density at radius 1 is 0.929 bits per heavy atom. The summed E-state index contributed by atoms with van der Waals surface area (Å²) in [5.41, 5.74) is 3.98. The molecule has 0 N–H and O–H groups in total. The van der Waals surface area contributed by atoms with Crippen LogP contribution in [0.15, 0.2) is 71.9 Å². The fourth-order valence-electron chi connectivity index (χ4n) is 3.40. The molecule has 28 heavy (non-hydrogen) atoms. The molecule has 0 saturated heterocycles. The van der Waals surface area contributed by atoms with Gasteiger partial charge in [0.05, 0.1) is 23.1 Å². The van der Waals surface area contributed by atoms with E-state index < -0.39 is 5.97 Å². The van der Waals surface area contributed by atoms with Crippen molar-refractivity contribution in [3.63, 3.8) is 0 Å². The van der Waals surface area contributed by atoms with E-state index in [1.807, 2.05) is 48.5 Å². The number of aromatic carboxylic acids is 1. The number of para-hydroxylation sites is 2. The molecule has 2 heterocycles. The summed E-state index contributed by atoms with van der Waals surface area (Å²) in [6.07, 6.45) is 3.23. The van der Waals surface area contributed by atoms with Crippen LogP contribution in [0.25, 0.3) is 0 Å². The summed E-state index contributed by atoms with van der Waals surface area (Å²) < 4.78 is 0. The molecule has 0 atom stereocenters. The number of hydrogen-bond acceptors (Lipinski definition) is 5. The molecule has 6 heteroatoms. The third-order valence-electron chi connectivity index (χ3n) is 4.70. The zero-order chi connectivity index (χ0) is 19.5. The van der Waals surface area contributed by atoms with E-state index in [0.29, 0.717) is 0 Å². The minimum Gasteiger partial charge on any atom is -0.545 e. The molecule has 0 spiro atoms. The number of aryl methyl sites for hydroxylation is 2. The molecular weight excluding hydrogens is 372 g/mol. The lowest BCUT2D eigenvalue weighted by atomic mass is 10.0. The summed E-state index contributed by atoms with van der Waals surface area (Å²) in [5.74, 6) is -1.35. The minimum atomic E-state index is -1.30. The molecule has 0 aliphatic carbocycles. The summed E-state index contributed by atoms with van der Waals surface area (Å²) in [6.45, 7) is 0. The number of thioether (sulfide) groups is 1. The number of carbonyl (C=O) groups excluding carboxylic acids is 2. The van der Waals surface area contributed by atoms with Crippen LogP contribution in [0, 0.1) is 0 Å². The molecule has 3 aromatic rings. The summed E-state index contributed by atoms with van der Waals surface area (Å²) in [7, 11) is 0. The first-order valence-corrected chi connectivity index (χ1v) is 9.91. The zero-order valence-corrected chi connectivity index (χ0v) is 15.8. The second-order valence-corrected chi connectivity index (χ2v) is 7.38. The molecule has 2 aromatic carbocycles. The lowest BCUT2D eigenvalue weighted by Gasteiger charge is -2.25. The largest absolute Gasteiger partial charge is 0.545 e. The van der Waals surface area contributed by atoms with Gasteiger partial charge in [-0.25, -0.2) is 4.98 Å². The Labute approximate surface area is 167 Å². The number of rotatable bonds is 4. The maximum atomic E-state index is 13.2. The predicted octanol–water partition coefficient (Wildman–Crippen LogP) is 3.00. The predicted molar refractivity (Wildman–Crippen MR) is 107 cm³/mol. The molecule has 0 bridgehead atoms. The van der Waals surface area contributed by atoms with Gasteiger partial charge >= 0.3 is 0 Å². The molecule has 0 radical (unpaired) electrons. The van der Waals surface area contributed by atoms with Gasteiger partial charge in [0.15, 0.2) is 0 Å². The summed E-state index contributed by atoms with van der Waals surface area (Å²) in [6, 6.07) is 18.8. The number of carboxylic acids is 1. The first kappa shape index (κ1) is 18.3. The van der Waals surface area contributed by atoms with E-state index in [1.165, 1.54) is 18.3 Å². The molecule has 5 nitrogen and oxygen atoms in total. The van der Waals surface area contributed by atoms with Gasteiger partial charge in [0, 0.05) is 11.8 Å². The Balaban J connectivity index is 1.67. The van der Waals surface area contributed by atoms with Crippen molar-refractivity contribution in [2.45, 2.75) is 17.9 Å².